The zero-order valence-electron chi connectivity index (χ0n) is 10.2. The molecule has 0 atom stereocenters. The summed E-state index contributed by atoms with van der Waals surface area (Å²) < 4.78 is 0. The van der Waals surface area contributed by atoms with E-state index in [1.165, 1.54) is 11.1 Å². The van der Waals surface area contributed by atoms with Gasteiger partial charge in [-0.3, -0.25) is 0 Å². The van der Waals surface area contributed by atoms with E-state index in [1.54, 1.807) is 6.20 Å². The first kappa shape index (κ1) is 11.5. The Bertz CT molecular complexity index is 474. The maximum absolute atomic E-state index is 5.62. The molecule has 0 fully saturated rings. The molecule has 0 aliphatic heterocycles. The van der Waals surface area contributed by atoms with Crippen molar-refractivity contribution in [2.45, 2.75) is 13.5 Å². The van der Waals surface area contributed by atoms with E-state index in [9.17, 15) is 0 Å². The molecule has 17 heavy (non-hydrogen) atoms. The quantitative estimate of drug-likeness (QED) is 0.876. The van der Waals surface area contributed by atoms with Crippen LogP contribution in [0.2, 0.25) is 0 Å². The minimum absolute atomic E-state index is 0.692. The van der Waals surface area contributed by atoms with Crippen LogP contribution in [-0.2, 0) is 6.54 Å². The molecule has 0 unspecified atom stereocenters. The predicted octanol–water partition coefficient (Wildman–Crippen LogP) is 2.61. The third-order valence-corrected chi connectivity index (χ3v) is 2.70. The molecule has 0 radical (unpaired) electrons. The molecule has 0 aliphatic carbocycles. The summed E-state index contributed by atoms with van der Waals surface area (Å²) >= 11 is 0. The van der Waals surface area contributed by atoms with Gasteiger partial charge in [-0.05, 0) is 24.6 Å². The lowest BCUT2D eigenvalue weighted by molar-refractivity contribution is 0.898. The van der Waals surface area contributed by atoms with Crippen molar-refractivity contribution in [3.8, 4) is 0 Å². The monoisotopic (exact) mass is 227 g/mol. The third kappa shape index (κ3) is 2.97. The van der Waals surface area contributed by atoms with Crippen molar-refractivity contribution >= 4 is 11.5 Å². The Balaban J connectivity index is 2.08. The van der Waals surface area contributed by atoms with Gasteiger partial charge in [0.25, 0.3) is 0 Å². The Morgan fingerprint density at radius 1 is 1.12 bits per heavy atom. The van der Waals surface area contributed by atoms with Gasteiger partial charge in [0.1, 0.15) is 5.82 Å². The number of anilines is 2. The number of aromatic nitrogens is 1. The lowest BCUT2D eigenvalue weighted by Crippen LogP contribution is -2.17. The van der Waals surface area contributed by atoms with E-state index in [2.05, 4.69) is 41.1 Å². The van der Waals surface area contributed by atoms with Crippen molar-refractivity contribution < 1.29 is 0 Å². The molecule has 1 heterocycles. The number of pyridine rings is 1. The van der Waals surface area contributed by atoms with Crippen molar-refractivity contribution in [2.24, 2.45) is 0 Å². The third-order valence-electron chi connectivity index (χ3n) is 2.70. The normalized spacial score (nSPS) is 10.2. The number of aryl methyl sites for hydroxylation is 1. The summed E-state index contributed by atoms with van der Waals surface area (Å²) in [5.74, 6) is 0.930. The predicted molar refractivity (Wildman–Crippen MR) is 71.9 cm³/mol. The maximum atomic E-state index is 5.62. The van der Waals surface area contributed by atoms with Crippen LogP contribution in [0.4, 0.5) is 11.5 Å². The first-order valence-corrected chi connectivity index (χ1v) is 5.63. The summed E-state index contributed by atoms with van der Waals surface area (Å²) in [5.41, 5.74) is 8.86. The van der Waals surface area contributed by atoms with Gasteiger partial charge in [0, 0.05) is 13.6 Å². The molecule has 2 rings (SSSR count). The zero-order chi connectivity index (χ0) is 12.3. The van der Waals surface area contributed by atoms with Crippen molar-refractivity contribution in [1.82, 2.24) is 4.98 Å². The number of benzene rings is 1. The maximum Gasteiger partial charge on any atom is 0.128 e. The van der Waals surface area contributed by atoms with Gasteiger partial charge in [-0.2, -0.15) is 0 Å². The first-order chi connectivity index (χ1) is 8.15. The summed E-state index contributed by atoms with van der Waals surface area (Å²) in [7, 11) is 2.03. The van der Waals surface area contributed by atoms with Crippen LogP contribution in [0, 0.1) is 6.92 Å². The van der Waals surface area contributed by atoms with Crippen LogP contribution in [0.5, 0.6) is 0 Å². The van der Waals surface area contributed by atoms with Crippen LogP contribution < -0.4 is 10.6 Å². The molecule has 1 aromatic carbocycles. The van der Waals surface area contributed by atoms with Crippen LogP contribution in [0.1, 0.15) is 11.1 Å². The van der Waals surface area contributed by atoms with Crippen molar-refractivity contribution in [1.29, 1.82) is 0 Å². The van der Waals surface area contributed by atoms with E-state index in [0.29, 0.717) is 5.69 Å². The summed E-state index contributed by atoms with van der Waals surface area (Å²) in [6.07, 6.45) is 1.68. The lowest BCUT2D eigenvalue weighted by atomic mass is 10.1. The first-order valence-electron chi connectivity index (χ1n) is 5.63. The van der Waals surface area contributed by atoms with Gasteiger partial charge in [0.05, 0.1) is 11.9 Å². The fourth-order valence-electron chi connectivity index (χ4n) is 1.67. The Labute approximate surface area is 102 Å². The van der Waals surface area contributed by atoms with Gasteiger partial charge in [0.2, 0.25) is 0 Å². The van der Waals surface area contributed by atoms with Crippen molar-refractivity contribution in [3.63, 3.8) is 0 Å². The SMILES string of the molecule is Cc1ccc(CN(C)c2ccc(N)cn2)cc1. The molecule has 1 aromatic heterocycles. The number of hydrogen-bond acceptors (Lipinski definition) is 3. The minimum Gasteiger partial charge on any atom is -0.397 e. The highest BCUT2D eigenvalue weighted by Gasteiger charge is 2.02. The van der Waals surface area contributed by atoms with Crippen molar-refractivity contribution in [3.05, 3.63) is 53.7 Å². The summed E-state index contributed by atoms with van der Waals surface area (Å²) in [5, 5.41) is 0. The molecular weight excluding hydrogens is 210 g/mol. The van der Waals surface area contributed by atoms with Crippen LogP contribution in [0.15, 0.2) is 42.6 Å². The van der Waals surface area contributed by atoms with E-state index >= 15 is 0 Å². The van der Waals surface area contributed by atoms with E-state index in [4.69, 9.17) is 5.73 Å². The number of hydrogen-bond donors (Lipinski definition) is 1. The van der Waals surface area contributed by atoms with Crippen LogP contribution >= 0.6 is 0 Å². The van der Waals surface area contributed by atoms with E-state index in [0.717, 1.165) is 12.4 Å². The van der Waals surface area contributed by atoms with Gasteiger partial charge >= 0.3 is 0 Å². The number of rotatable bonds is 3. The van der Waals surface area contributed by atoms with Crippen LogP contribution in [0.3, 0.4) is 0 Å². The molecule has 0 amide bonds. The standard InChI is InChI=1S/C14H17N3/c1-11-3-5-12(6-4-11)10-17(2)14-8-7-13(15)9-16-14/h3-9H,10,15H2,1-2H3. The highest BCUT2D eigenvalue weighted by molar-refractivity contribution is 5.45. The number of nitrogens with two attached hydrogens (primary N) is 1. The molecule has 2 aromatic rings. The topological polar surface area (TPSA) is 42.1 Å². The van der Waals surface area contributed by atoms with Crippen molar-refractivity contribution in [2.75, 3.05) is 17.7 Å². The molecule has 0 saturated heterocycles. The molecule has 88 valence electrons. The molecule has 0 aliphatic rings. The smallest absolute Gasteiger partial charge is 0.128 e. The highest BCUT2D eigenvalue weighted by atomic mass is 15.2. The van der Waals surface area contributed by atoms with E-state index < -0.39 is 0 Å². The molecule has 3 heteroatoms. The number of nitrogen functional groups attached to an aromatic ring is 1. The Kier molecular flexibility index (Phi) is 3.28. The fourth-order valence-corrected chi connectivity index (χ4v) is 1.67. The zero-order valence-corrected chi connectivity index (χ0v) is 10.2. The second-order valence-corrected chi connectivity index (χ2v) is 4.29. The second kappa shape index (κ2) is 4.87. The molecule has 0 spiro atoms. The van der Waals surface area contributed by atoms with E-state index in [-0.39, 0.29) is 0 Å². The average molecular weight is 227 g/mol. The average Bonchev–Trinajstić information content (AvgIpc) is 2.33. The molecule has 3 nitrogen and oxygen atoms in total. The Morgan fingerprint density at radius 2 is 1.82 bits per heavy atom. The van der Waals surface area contributed by atoms with Gasteiger partial charge in [0.15, 0.2) is 0 Å². The van der Waals surface area contributed by atoms with E-state index in [1.807, 2.05) is 19.2 Å². The van der Waals surface area contributed by atoms with Gasteiger partial charge in [-0.1, -0.05) is 29.8 Å². The highest BCUT2D eigenvalue weighted by Crippen LogP contribution is 2.14. The van der Waals surface area contributed by atoms with Crippen LogP contribution in [-0.4, -0.2) is 12.0 Å². The molecule has 2 N–H and O–H groups in total. The Morgan fingerprint density at radius 3 is 2.41 bits per heavy atom. The second-order valence-electron chi connectivity index (χ2n) is 4.29. The Hall–Kier alpha value is -2.03. The lowest BCUT2D eigenvalue weighted by Gasteiger charge is -2.18. The fraction of sp³-hybridized carbons (Fsp3) is 0.214. The minimum atomic E-state index is 0.692. The molecular formula is C14H17N3. The van der Waals surface area contributed by atoms with Gasteiger partial charge in [-0.25, -0.2) is 4.98 Å². The van der Waals surface area contributed by atoms with Gasteiger partial charge < -0.3 is 10.6 Å². The summed E-state index contributed by atoms with van der Waals surface area (Å²) in [4.78, 5) is 6.39. The molecule has 0 saturated carbocycles. The molecule has 0 bridgehead atoms. The van der Waals surface area contributed by atoms with Crippen LogP contribution in [0.25, 0.3) is 0 Å². The van der Waals surface area contributed by atoms with Gasteiger partial charge in [-0.15, -0.1) is 0 Å². The summed E-state index contributed by atoms with van der Waals surface area (Å²) in [6.45, 7) is 2.94. The number of nitrogens with zero attached hydrogens (tertiary/aromatic N) is 2. The largest absolute Gasteiger partial charge is 0.397 e. The summed E-state index contributed by atoms with van der Waals surface area (Å²) in [6, 6.07) is 12.3.